The van der Waals surface area contributed by atoms with E-state index in [1.54, 1.807) is 0 Å². The molecule has 0 atom stereocenters. The molecule has 0 spiro atoms. The van der Waals surface area contributed by atoms with E-state index >= 15 is 0 Å². The second kappa shape index (κ2) is 6.56. The third-order valence-electron chi connectivity index (χ3n) is 1.28. The summed E-state index contributed by atoms with van der Waals surface area (Å²) in [5, 5.41) is 1.13. The van der Waals surface area contributed by atoms with Crippen LogP contribution in [0.4, 0.5) is 4.79 Å². The van der Waals surface area contributed by atoms with Gasteiger partial charge >= 0.3 is 6.09 Å². The number of carbonyl (C=O) groups excluding carboxylic acids is 2. The average molecular weight is 265 g/mol. The van der Waals surface area contributed by atoms with Gasteiger partial charge in [0, 0.05) is 10.9 Å². The van der Waals surface area contributed by atoms with E-state index in [1.165, 1.54) is 6.92 Å². The van der Waals surface area contributed by atoms with Gasteiger partial charge in [-0.05, 0) is 13.3 Å². The normalized spacial score (nSPS) is 9.36. The number of hydrazine groups is 1. The van der Waals surface area contributed by atoms with E-state index in [0.29, 0.717) is 11.4 Å². The summed E-state index contributed by atoms with van der Waals surface area (Å²) in [6.45, 7) is 5.06. The fourth-order valence-electron chi connectivity index (χ4n) is 0.572. The molecule has 0 bridgehead atoms. The molecule has 0 heterocycles. The van der Waals surface area contributed by atoms with Crippen LogP contribution < -0.4 is 5.84 Å². The highest BCUT2D eigenvalue weighted by atomic mass is 79.9. The molecule has 0 radical (unpaired) electrons. The summed E-state index contributed by atoms with van der Waals surface area (Å²) in [6, 6.07) is 0. The van der Waals surface area contributed by atoms with Crippen LogP contribution in [-0.2, 0) is 9.53 Å². The molecule has 0 saturated carbocycles. The van der Waals surface area contributed by atoms with Crippen LogP contribution in [0.5, 0.6) is 0 Å². The Morgan fingerprint density at radius 1 is 1.57 bits per heavy atom. The number of ether oxygens (including phenoxy) is 1. The van der Waals surface area contributed by atoms with Gasteiger partial charge in [-0.3, -0.25) is 4.79 Å². The molecular formula is C8H13BrN2O3. The molecule has 0 saturated heterocycles. The maximum atomic E-state index is 11.1. The lowest BCUT2D eigenvalue weighted by atomic mass is 10.3. The Kier molecular flexibility index (Phi) is 6.14. The number of amides is 2. The quantitative estimate of drug-likeness (QED) is 0.207. The summed E-state index contributed by atoms with van der Waals surface area (Å²) in [4.78, 5) is 22.2. The molecule has 0 aliphatic carbocycles. The third kappa shape index (κ3) is 4.38. The van der Waals surface area contributed by atoms with E-state index in [9.17, 15) is 9.59 Å². The summed E-state index contributed by atoms with van der Waals surface area (Å²) in [6.07, 6.45) is -0.195. The minimum absolute atomic E-state index is 0.185. The van der Waals surface area contributed by atoms with E-state index in [1.807, 2.05) is 0 Å². The highest BCUT2D eigenvalue weighted by Crippen LogP contribution is 1.97. The lowest BCUT2D eigenvalue weighted by Gasteiger charge is -2.13. The Bertz CT molecular complexity index is 243. The number of imide groups is 1. The largest absolute Gasteiger partial charge is 0.448 e. The number of alkyl halides is 1. The first kappa shape index (κ1) is 13.1. The summed E-state index contributed by atoms with van der Waals surface area (Å²) in [5.74, 6) is 4.54. The Labute approximate surface area is 91.0 Å². The van der Waals surface area contributed by atoms with Crippen molar-refractivity contribution in [1.82, 2.24) is 5.01 Å². The maximum absolute atomic E-state index is 11.1. The number of hydrogen-bond acceptors (Lipinski definition) is 4. The van der Waals surface area contributed by atoms with Crippen molar-refractivity contribution in [2.24, 2.45) is 5.84 Å². The van der Waals surface area contributed by atoms with Crippen molar-refractivity contribution >= 4 is 27.9 Å². The van der Waals surface area contributed by atoms with Crippen molar-refractivity contribution < 1.29 is 14.3 Å². The standard InChI is InChI=1S/C8H13BrN2O3/c1-6(2)7(12)11(10)8(13)14-5-3-4-9/h1,3-5,10H2,2H3. The molecule has 2 N–H and O–H groups in total. The Morgan fingerprint density at radius 3 is 2.57 bits per heavy atom. The van der Waals surface area contributed by atoms with Gasteiger partial charge in [0.15, 0.2) is 0 Å². The molecule has 0 aliphatic heterocycles. The van der Waals surface area contributed by atoms with Crippen LogP contribution in [0, 0.1) is 0 Å². The molecule has 5 nitrogen and oxygen atoms in total. The number of carbonyl (C=O) groups is 2. The minimum Gasteiger partial charge on any atom is -0.448 e. The maximum Gasteiger partial charge on any atom is 0.431 e. The van der Waals surface area contributed by atoms with Crippen molar-refractivity contribution in [2.75, 3.05) is 11.9 Å². The number of rotatable bonds is 4. The van der Waals surface area contributed by atoms with E-state index in [2.05, 4.69) is 27.2 Å². The molecular weight excluding hydrogens is 252 g/mol. The van der Waals surface area contributed by atoms with E-state index in [4.69, 9.17) is 5.84 Å². The zero-order chi connectivity index (χ0) is 11.1. The Morgan fingerprint density at radius 2 is 2.14 bits per heavy atom. The van der Waals surface area contributed by atoms with Gasteiger partial charge in [-0.25, -0.2) is 10.6 Å². The van der Waals surface area contributed by atoms with Gasteiger partial charge in [0.05, 0.1) is 6.61 Å². The highest BCUT2D eigenvalue weighted by Gasteiger charge is 2.19. The van der Waals surface area contributed by atoms with Crippen LogP contribution in [-0.4, -0.2) is 28.9 Å². The SMILES string of the molecule is C=C(C)C(=O)N(N)C(=O)OCCCBr. The van der Waals surface area contributed by atoms with Crippen molar-refractivity contribution in [3.8, 4) is 0 Å². The molecule has 0 unspecified atom stereocenters. The monoisotopic (exact) mass is 264 g/mol. The first-order valence-electron chi connectivity index (χ1n) is 3.98. The fraction of sp³-hybridized carbons (Fsp3) is 0.500. The number of halogens is 1. The Balaban J connectivity index is 3.99. The topological polar surface area (TPSA) is 72.6 Å². The van der Waals surface area contributed by atoms with Crippen molar-refractivity contribution in [1.29, 1.82) is 0 Å². The number of nitrogens with two attached hydrogens (primary N) is 1. The minimum atomic E-state index is -0.862. The van der Waals surface area contributed by atoms with Crippen molar-refractivity contribution in [2.45, 2.75) is 13.3 Å². The summed E-state index contributed by atoms with van der Waals surface area (Å²) in [7, 11) is 0. The van der Waals surface area contributed by atoms with Gasteiger partial charge < -0.3 is 4.74 Å². The van der Waals surface area contributed by atoms with Crippen LogP contribution in [0.1, 0.15) is 13.3 Å². The molecule has 0 rings (SSSR count). The van der Waals surface area contributed by atoms with Crippen LogP contribution in [0.2, 0.25) is 0 Å². The molecule has 0 aromatic heterocycles. The molecule has 0 aliphatic rings. The summed E-state index contributed by atoms with van der Waals surface area (Å²) in [5.41, 5.74) is 0.185. The first-order valence-corrected chi connectivity index (χ1v) is 5.10. The lowest BCUT2D eigenvalue weighted by Crippen LogP contribution is -2.43. The van der Waals surface area contributed by atoms with E-state index in [0.717, 1.165) is 5.33 Å². The van der Waals surface area contributed by atoms with Gasteiger partial charge in [-0.1, -0.05) is 22.5 Å². The zero-order valence-corrected chi connectivity index (χ0v) is 9.54. The van der Waals surface area contributed by atoms with Gasteiger partial charge in [0.1, 0.15) is 0 Å². The van der Waals surface area contributed by atoms with Gasteiger partial charge in [-0.2, -0.15) is 5.01 Å². The molecule has 0 aromatic carbocycles. The molecule has 80 valence electrons. The smallest absolute Gasteiger partial charge is 0.431 e. The predicted molar refractivity (Wildman–Crippen MR) is 55.6 cm³/mol. The second-order valence-corrected chi connectivity index (χ2v) is 3.41. The van der Waals surface area contributed by atoms with Gasteiger partial charge in [0.2, 0.25) is 0 Å². The molecule has 0 aromatic rings. The summed E-state index contributed by atoms with van der Waals surface area (Å²) < 4.78 is 4.69. The van der Waals surface area contributed by atoms with Crippen molar-refractivity contribution in [3.05, 3.63) is 12.2 Å². The fourth-order valence-corrected chi connectivity index (χ4v) is 0.801. The molecule has 6 heteroatoms. The molecule has 0 fully saturated rings. The van der Waals surface area contributed by atoms with Crippen molar-refractivity contribution in [3.63, 3.8) is 0 Å². The Hall–Kier alpha value is -0.880. The second-order valence-electron chi connectivity index (χ2n) is 2.61. The summed E-state index contributed by atoms with van der Waals surface area (Å²) >= 11 is 3.17. The first-order chi connectivity index (χ1) is 6.50. The van der Waals surface area contributed by atoms with Crippen LogP contribution in [0.25, 0.3) is 0 Å². The van der Waals surface area contributed by atoms with Gasteiger partial charge in [0.25, 0.3) is 5.91 Å². The van der Waals surface area contributed by atoms with Gasteiger partial charge in [-0.15, -0.1) is 0 Å². The predicted octanol–water partition coefficient (Wildman–Crippen LogP) is 1.19. The third-order valence-corrected chi connectivity index (χ3v) is 1.84. The van der Waals surface area contributed by atoms with Crippen LogP contribution in [0.15, 0.2) is 12.2 Å². The van der Waals surface area contributed by atoms with E-state index < -0.39 is 12.0 Å². The zero-order valence-electron chi connectivity index (χ0n) is 7.96. The molecule has 14 heavy (non-hydrogen) atoms. The number of nitrogens with zero attached hydrogens (tertiary/aromatic N) is 1. The number of hydrogen-bond donors (Lipinski definition) is 1. The highest BCUT2D eigenvalue weighted by molar-refractivity contribution is 9.09. The van der Waals surface area contributed by atoms with Crippen LogP contribution in [0.3, 0.4) is 0 Å². The average Bonchev–Trinajstić information content (AvgIpc) is 2.15. The lowest BCUT2D eigenvalue weighted by molar-refractivity contribution is -0.125. The van der Waals surface area contributed by atoms with E-state index in [-0.39, 0.29) is 12.2 Å². The molecule has 2 amide bonds. The van der Waals surface area contributed by atoms with Crippen LogP contribution >= 0.6 is 15.9 Å².